The summed E-state index contributed by atoms with van der Waals surface area (Å²) in [6.45, 7) is 6.15. The van der Waals surface area contributed by atoms with Crippen molar-refractivity contribution in [1.29, 1.82) is 0 Å². The number of amides is 2. The zero-order chi connectivity index (χ0) is 30.0. The second-order valence-corrected chi connectivity index (χ2v) is 12.4. The number of anilines is 1. The highest BCUT2D eigenvalue weighted by atomic mass is 32.2. The third-order valence-corrected chi connectivity index (χ3v) is 7.86. The first-order valence-electron chi connectivity index (χ1n) is 13.8. The Labute approximate surface area is 244 Å². The molecule has 0 aliphatic carbocycles. The molecule has 0 radical (unpaired) electrons. The molecule has 220 valence electrons. The lowest BCUT2D eigenvalue weighted by Crippen LogP contribution is -2.51. The number of nitrogens with zero attached hydrogens (tertiary/aromatic N) is 2. The first-order chi connectivity index (χ1) is 19.5. The van der Waals surface area contributed by atoms with Crippen molar-refractivity contribution in [3.63, 3.8) is 0 Å². The minimum atomic E-state index is -3.61. The van der Waals surface area contributed by atoms with E-state index >= 15 is 0 Å². The minimum absolute atomic E-state index is 0.0715. The summed E-state index contributed by atoms with van der Waals surface area (Å²) in [7, 11) is -2.09. The van der Waals surface area contributed by atoms with E-state index in [1.54, 1.807) is 29.2 Å². The summed E-state index contributed by atoms with van der Waals surface area (Å²) >= 11 is 0. The van der Waals surface area contributed by atoms with E-state index in [0.717, 1.165) is 22.9 Å². The summed E-state index contributed by atoms with van der Waals surface area (Å²) in [6, 6.07) is 23.5. The monoisotopic (exact) mass is 579 g/mol. The van der Waals surface area contributed by atoms with Crippen molar-refractivity contribution in [3.8, 4) is 5.75 Å². The van der Waals surface area contributed by atoms with Crippen LogP contribution in [0.15, 0.2) is 78.9 Å². The van der Waals surface area contributed by atoms with Crippen molar-refractivity contribution >= 4 is 27.5 Å². The zero-order valence-corrected chi connectivity index (χ0v) is 25.4. The van der Waals surface area contributed by atoms with Crippen LogP contribution in [0.4, 0.5) is 5.69 Å². The third-order valence-electron chi connectivity index (χ3n) is 6.67. The number of ether oxygens (including phenoxy) is 1. The Balaban J connectivity index is 1.88. The molecule has 2 amide bonds. The molecule has 0 fully saturated rings. The molecule has 0 saturated heterocycles. The number of carbonyl (C=O) groups excluding carboxylic acids is 2. The highest BCUT2D eigenvalue weighted by Gasteiger charge is 2.31. The van der Waals surface area contributed by atoms with E-state index in [9.17, 15) is 18.0 Å². The first-order valence-corrected chi connectivity index (χ1v) is 15.6. The fourth-order valence-corrected chi connectivity index (χ4v) is 5.55. The predicted molar refractivity (Wildman–Crippen MR) is 163 cm³/mol. The van der Waals surface area contributed by atoms with Crippen molar-refractivity contribution in [2.24, 2.45) is 0 Å². The van der Waals surface area contributed by atoms with Crippen LogP contribution >= 0.6 is 0 Å². The molecule has 0 saturated carbocycles. The van der Waals surface area contributed by atoms with Gasteiger partial charge in [0.25, 0.3) is 0 Å². The van der Waals surface area contributed by atoms with Crippen molar-refractivity contribution in [1.82, 2.24) is 10.2 Å². The Hall–Kier alpha value is -3.85. The molecule has 0 aliphatic rings. The summed E-state index contributed by atoms with van der Waals surface area (Å²) in [6.07, 6.45) is 1.85. The Morgan fingerprint density at radius 1 is 0.927 bits per heavy atom. The molecular weight excluding hydrogens is 538 g/mol. The van der Waals surface area contributed by atoms with Crippen molar-refractivity contribution in [2.45, 2.75) is 58.7 Å². The van der Waals surface area contributed by atoms with Gasteiger partial charge in [0.1, 0.15) is 11.8 Å². The van der Waals surface area contributed by atoms with E-state index in [2.05, 4.69) is 5.32 Å². The van der Waals surface area contributed by atoms with Gasteiger partial charge in [-0.05, 0) is 50.5 Å². The van der Waals surface area contributed by atoms with Gasteiger partial charge in [0.15, 0.2) is 0 Å². The quantitative estimate of drug-likeness (QED) is 0.298. The van der Waals surface area contributed by atoms with Gasteiger partial charge in [-0.2, -0.15) is 0 Å². The number of hydrogen-bond donors (Lipinski definition) is 1. The summed E-state index contributed by atoms with van der Waals surface area (Å²) in [5, 5.41) is 2.99. The van der Waals surface area contributed by atoms with E-state index in [0.29, 0.717) is 17.9 Å². The number of nitrogens with one attached hydrogen (secondary N) is 1. The molecule has 1 N–H and O–H groups in total. The zero-order valence-electron chi connectivity index (χ0n) is 24.5. The average molecular weight is 580 g/mol. The van der Waals surface area contributed by atoms with Gasteiger partial charge >= 0.3 is 0 Å². The number of hydrogen-bond acceptors (Lipinski definition) is 5. The van der Waals surface area contributed by atoms with Crippen LogP contribution in [0.1, 0.15) is 43.4 Å². The standard InChI is InChI=1S/C32H41N3O5S/c1-24(2)33-32(37)30(21-26-11-7-6-8-12-26)34(23-27-18-16-25(3)17-19-27)31(36)15-10-20-35(41(5,38)39)28-13-9-14-29(22-28)40-4/h6-9,11-14,16-19,22,24,30H,10,15,20-21,23H2,1-5H3,(H,33,37)/t30-/m0/s1. The molecule has 9 heteroatoms. The van der Waals surface area contributed by atoms with E-state index in [1.807, 2.05) is 75.4 Å². The van der Waals surface area contributed by atoms with Gasteiger partial charge in [-0.15, -0.1) is 0 Å². The van der Waals surface area contributed by atoms with Crippen LogP contribution in [-0.2, 0) is 32.6 Å². The highest BCUT2D eigenvalue weighted by Crippen LogP contribution is 2.24. The Bertz CT molecular complexity index is 1390. The van der Waals surface area contributed by atoms with Crippen LogP contribution in [0.25, 0.3) is 0 Å². The maximum atomic E-state index is 13.9. The van der Waals surface area contributed by atoms with Crippen LogP contribution in [0, 0.1) is 6.92 Å². The lowest BCUT2D eigenvalue weighted by molar-refractivity contribution is -0.141. The molecule has 3 aromatic carbocycles. The first kappa shape index (κ1) is 31.7. The molecule has 0 heterocycles. The van der Waals surface area contributed by atoms with E-state index in [4.69, 9.17) is 4.74 Å². The van der Waals surface area contributed by atoms with Crippen LogP contribution in [0.5, 0.6) is 5.75 Å². The van der Waals surface area contributed by atoms with Crippen LogP contribution in [0.2, 0.25) is 0 Å². The lowest BCUT2D eigenvalue weighted by Gasteiger charge is -2.32. The number of benzene rings is 3. The molecule has 8 nitrogen and oxygen atoms in total. The molecule has 0 aliphatic heterocycles. The molecular formula is C32H41N3O5S. The van der Waals surface area contributed by atoms with Crippen LogP contribution < -0.4 is 14.4 Å². The van der Waals surface area contributed by atoms with Crippen molar-refractivity contribution in [2.75, 3.05) is 24.2 Å². The van der Waals surface area contributed by atoms with Crippen molar-refractivity contribution in [3.05, 3.63) is 95.6 Å². The number of methoxy groups -OCH3 is 1. The van der Waals surface area contributed by atoms with Gasteiger partial charge in [-0.1, -0.05) is 66.2 Å². The normalized spacial score (nSPS) is 12.0. The Morgan fingerprint density at radius 3 is 2.22 bits per heavy atom. The lowest BCUT2D eigenvalue weighted by atomic mass is 10.0. The van der Waals surface area contributed by atoms with Gasteiger partial charge in [0.05, 0.1) is 19.1 Å². The maximum absolute atomic E-state index is 13.9. The minimum Gasteiger partial charge on any atom is -0.497 e. The SMILES string of the molecule is COc1cccc(N(CCCC(=O)N(Cc2ccc(C)cc2)[C@@H](Cc2ccccc2)C(=O)NC(C)C)S(C)(=O)=O)c1. The fourth-order valence-electron chi connectivity index (χ4n) is 4.59. The average Bonchev–Trinajstić information content (AvgIpc) is 2.93. The van der Waals surface area contributed by atoms with Crippen LogP contribution in [-0.4, -0.2) is 57.1 Å². The molecule has 0 bridgehead atoms. The fraction of sp³-hybridized carbons (Fsp3) is 0.375. The second-order valence-electron chi connectivity index (χ2n) is 10.5. The molecule has 3 rings (SSSR count). The topological polar surface area (TPSA) is 96.0 Å². The molecule has 0 unspecified atom stereocenters. The molecule has 1 atom stereocenters. The van der Waals surface area contributed by atoms with Gasteiger partial charge in [-0.3, -0.25) is 13.9 Å². The van der Waals surface area contributed by atoms with Gasteiger partial charge in [0, 0.05) is 38.0 Å². The van der Waals surface area contributed by atoms with Gasteiger partial charge in [0.2, 0.25) is 21.8 Å². The van der Waals surface area contributed by atoms with E-state index in [-0.39, 0.29) is 43.8 Å². The summed E-state index contributed by atoms with van der Waals surface area (Å²) in [5.74, 6) is 0.0966. The Kier molecular flexibility index (Phi) is 11.3. The number of rotatable bonds is 14. The summed E-state index contributed by atoms with van der Waals surface area (Å²) in [5.41, 5.74) is 3.42. The summed E-state index contributed by atoms with van der Waals surface area (Å²) < 4.78 is 31.8. The van der Waals surface area contributed by atoms with E-state index < -0.39 is 16.1 Å². The smallest absolute Gasteiger partial charge is 0.243 e. The predicted octanol–water partition coefficient (Wildman–Crippen LogP) is 4.71. The van der Waals surface area contributed by atoms with Gasteiger partial charge in [-0.25, -0.2) is 8.42 Å². The molecule has 41 heavy (non-hydrogen) atoms. The number of carbonyl (C=O) groups is 2. The van der Waals surface area contributed by atoms with Gasteiger partial charge < -0.3 is 15.0 Å². The largest absolute Gasteiger partial charge is 0.497 e. The third kappa shape index (κ3) is 9.63. The molecule has 0 aromatic heterocycles. The second kappa shape index (κ2) is 14.7. The van der Waals surface area contributed by atoms with E-state index in [1.165, 1.54) is 11.4 Å². The number of aryl methyl sites for hydroxylation is 1. The van der Waals surface area contributed by atoms with Crippen molar-refractivity contribution < 1.29 is 22.7 Å². The maximum Gasteiger partial charge on any atom is 0.243 e. The molecule has 0 spiro atoms. The summed E-state index contributed by atoms with van der Waals surface area (Å²) in [4.78, 5) is 29.0. The Morgan fingerprint density at radius 2 is 1.61 bits per heavy atom. The highest BCUT2D eigenvalue weighted by molar-refractivity contribution is 7.92. The number of sulfonamides is 1. The van der Waals surface area contributed by atoms with Crippen LogP contribution in [0.3, 0.4) is 0 Å². The molecule has 3 aromatic rings.